The number of hydrogen-bond donors (Lipinski definition) is 2. The van der Waals surface area contributed by atoms with E-state index in [0.717, 1.165) is 11.1 Å². The summed E-state index contributed by atoms with van der Waals surface area (Å²) in [7, 11) is 0. The maximum Gasteiger partial charge on any atom is 0.408 e. The van der Waals surface area contributed by atoms with Gasteiger partial charge in [-0.1, -0.05) is 6.07 Å². The summed E-state index contributed by atoms with van der Waals surface area (Å²) in [5.74, 6) is -0.999. The van der Waals surface area contributed by atoms with E-state index in [1.807, 2.05) is 0 Å². The molecule has 0 bridgehead atoms. The molecule has 18 heavy (non-hydrogen) atoms. The van der Waals surface area contributed by atoms with Crippen LogP contribution in [0.3, 0.4) is 0 Å². The van der Waals surface area contributed by atoms with Gasteiger partial charge in [0.2, 0.25) is 0 Å². The zero-order valence-electron chi connectivity index (χ0n) is 10.3. The van der Waals surface area contributed by atoms with Crippen molar-refractivity contribution in [2.75, 3.05) is 6.54 Å². The molecule has 0 aliphatic carbocycles. The van der Waals surface area contributed by atoms with Crippen LogP contribution in [0.25, 0.3) is 0 Å². The van der Waals surface area contributed by atoms with Crippen LogP contribution in [0.15, 0.2) is 18.2 Å². The van der Waals surface area contributed by atoms with Crippen molar-refractivity contribution in [3.05, 3.63) is 34.9 Å². The van der Waals surface area contributed by atoms with Gasteiger partial charge in [0.1, 0.15) is 0 Å². The van der Waals surface area contributed by atoms with Gasteiger partial charge in [0.05, 0.1) is 11.1 Å². The Hall–Kier alpha value is -2.04. The van der Waals surface area contributed by atoms with Gasteiger partial charge >= 0.3 is 12.1 Å². The summed E-state index contributed by atoms with van der Waals surface area (Å²) in [6.45, 7) is 4.03. The zero-order valence-corrected chi connectivity index (χ0v) is 10.3. The van der Waals surface area contributed by atoms with Crippen LogP contribution in [0.1, 0.15) is 35.3 Å². The van der Waals surface area contributed by atoms with Crippen molar-refractivity contribution >= 4 is 12.1 Å². The second-order valence-corrected chi connectivity index (χ2v) is 4.92. The Kier molecular flexibility index (Phi) is 2.77. The molecular weight excluding hydrogens is 234 g/mol. The van der Waals surface area contributed by atoms with Crippen molar-refractivity contribution in [1.29, 1.82) is 0 Å². The predicted molar refractivity (Wildman–Crippen MR) is 64.9 cm³/mol. The molecule has 0 aromatic heterocycles. The van der Waals surface area contributed by atoms with Gasteiger partial charge < -0.3 is 10.2 Å². The molecule has 5 heteroatoms. The SMILES string of the molecule is CC1(C)c2cc(C(=O)O)ccc2CCN1C(=O)O. The number of nitrogens with zero attached hydrogens (tertiary/aromatic N) is 1. The Morgan fingerprint density at radius 3 is 2.50 bits per heavy atom. The molecule has 0 saturated carbocycles. The van der Waals surface area contributed by atoms with E-state index in [0.29, 0.717) is 13.0 Å². The van der Waals surface area contributed by atoms with Crippen molar-refractivity contribution in [2.45, 2.75) is 25.8 Å². The van der Waals surface area contributed by atoms with Crippen molar-refractivity contribution in [3.63, 3.8) is 0 Å². The smallest absolute Gasteiger partial charge is 0.408 e. The molecule has 1 aliphatic rings. The lowest BCUT2D eigenvalue weighted by molar-refractivity contribution is 0.0696. The molecule has 0 fully saturated rings. The van der Waals surface area contributed by atoms with E-state index >= 15 is 0 Å². The number of aromatic carboxylic acids is 1. The Labute approximate surface area is 105 Å². The number of hydrogen-bond acceptors (Lipinski definition) is 2. The summed E-state index contributed by atoms with van der Waals surface area (Å²) < 4.78 is 0. The largest absolute Gasteiger partial charge is 0.478 e. The number of amides is 1. The second-order valence-electron chi connectivity index (χ2n) is 4.92. The molecule has 2 N–H and O–H groups in total. The minimum atomic E-state index is -0.999. The fourth-order valence-corrected chi connectivity index (χ4v) is 2.49. The zero-order chi connectivity index (χ0) is 13.5. The Morgan fingerprint density at radius 2 is 1.94 bits per heavy atom. The molecule has 0 unspecified atom stereocenters. The van der Waals surface area contributed by atoms with Crippen LogP contribution in [0, 0.1) is 0 Å². The number of carboxylic acid groups (broad SMARTS) is 2. The molecule has 96 valence electrons. The number of carbonyl (C=O) groups is 2. The van der Waals surface area contributed by atoms with Gasteiger partial charge in [0.15, 0.2) is 0 Å². The molecule has 0 radical (unpaired) electrons. The van der Waals surface area contributed by atoms with Gasteiger partial charge in [-0.05, 0) is 43.5 Å². The normalized spacial score (nSPS) is 17.1. The number of fused-ring (bicyclic) bond motifs is 1. The lowest BCUT2D eigenvalue weighted by Gasteiger charge is -2.42. The Balaban J connectivity index is 2.54. The van der Waals surface area contributed by atoms with Crippen LogP contribution in [0.2, 0.25) is 0 Å². The molecular formula is C13H15NO4. The number of carboxylic acids is 1. The van der Waals surface area contributed by atoms with Gasteiger partial charge in [-0.2, -0.15) is 0 Å². The maximum atomic E-state index is 11.2. The minimum Gasteiger partial charge on any atom is -0.478 e. The lowest BCUT2D eigenvalue weighted by atomic mass is 9.82. The molecule has 0 spiro atoms. The third-order valence-electron chi connectivity index (χ3n) is 3.53. The van der Waals surface area contributed by atoms with Crippen molar-refractivity contribution < 1.29 is 19.8 Å². The fourth-order valence-electron chi connectivity index (χ4n) is 2.49. The maximum absolute atomic E-state index is 11.2. The van der Waals surface area contributed by atoms with Crippen LogP contribution in [-0.4, -0.2) is 33.7 Å². The average molecular weight is 249 g/mol. The number of benzene rings is 1. The van der Waals surface area contributed by atoms with E-state index in [4.69, 9.17) is 5.11 Å². The lowest BCUT2D eigenvalue weighted by Crippen LogP contribution is -2.49. The highest BCUT2D eigenvalue weighted by molar-refractivity contribution is 5.88. The molecule has 0 saturated heterocycles. The molecule has 5 nitrogen and oxygen atoms in total. The van der Waals surface area contributed by atoms with Crippen molar-refractivity contribution in [3.8, 4) is 0 Å². The summed E-state index contributed by atoms with van der Waals surface area (Å²) in [4.78, 5) is 23.5. The number of rotatable bonds is 1. The molecule has 1 heterocycles. The molecule has 1 aromatic rings. The first-order valence-electron chi connectivity index (χ1n) is 5.71. The van der Waals surface area contributed by atoms with Gasteiger partial charge in [0, 0.05) is 6.54 Å². The first-order chi connectivity index (χ1) is 8.34. The summed E-state index contributed by atoms with van der Waals surface area (Å²) in [5, 5.41) is 18.2. The van der Waals surface area contributed by atoms with E-state index in [9.17, 15) is 14.7 Å². The molecule has 1 aliphatic heterocycles. The first kappa shape index (κ1) is 12.4. The van der Waals surface area contributed by atoms with Crippen molar-refractivity contribution in [1.82, 2.24) is 4.90 Å². The monoisotopic (exact) mass is 249 g/mol. The quantitative estimate of drug-likeness (QED) is 0.799. The Bertz CT molecular complexity index is 522. The molecule has 0 atom stereocenters. The summed E-state index contributed by atoms with van der Waals surface area (Å²) in [6.07, 6.45) is -0.364. The highest BCUT2D eigenvalue weighted by Crippen LogP contribution is 2.35. The van der Waals surface area contributed by atoms with Crippen LogP contribution >= 0.6 is 0 Å². The van der Waals surface area contributed by atoms with Crippen LogP contribution in [0.5, 0.6) is 0 Å². The summed E-state index contributed by atoms with van der Waals surface area (Å²) >= 11 is 0. The van der Waals surface area contributed by atoms with Crippen molar-refractivity contribution in [2.24, 2.45) is 0 Å². The third-order valence-corrected chi connectivity index (χ3v) is 3.53. The van der Waals surface area contributed by atoms with Crippen LogP contribution < -0.4 is 0 Å². The minimum absolute atomic E-state index is 0.189. The topological polar surface area (TPSA) is 77.8 Å². The summed E-state index contributed by atoms with van der Waals surface area (Å²) in [6, 6.07) is 4.92. The van der Waals surface area contributed by atoms with Crippen LogP contribution in [0.4, 0.5) is 4.79 Å². The molecule has 1 amide bonds. The van der Waals surface area contributed by atoms with Gasteiger partial charge in [-0.3, -0.25) is 4.90 Å². The highest BCUT2D eigenvalue weighted by Gasteiger charge is 2.37. The fraction of sp³-hybridized carbons (Fsp3) is 0.385. The standard InChI is InChI=1S/C13H15NO4/c1-13(2)10-7-9(11(15)16)4-3-8(10)5-6-14(13)12(17)18/h3-4,7H,5-6H2,1-2H3,(H,15,16)(H,17,18). The van der Waals surface area contributed by atoms with E-state index in [2.05, 4.69) is 0 Å². The van der Waals surface area contributed by atoms with Gasteiger partial charge in [0.25, 0.3) is 0 Å². The van der Waals surface area contributed by atoms with E-state index in [1.165, 1.54) is 4.90 Å². The summed E-state index contributed by atoms with van der Waals surface area (Å²) in [5.41, 5.74) is 1.28. The van der Waals surface area contributed by atoms with E-state index in [-0.39, 0.29) is 5.56 Å². The molecule has 1 aromatic carbocycles. The predicted octanol–water partition coefficient (Wildman–Crippen LogP) is 2.16. The third kappa shape index (κ3) is 1.81. The first-order valence-corrected chi connectivity index (χ1v) is 5.71. The van der Waals surface area contributed by atoms with E-state index in [1.54, 1.807) is 32.0 Å². The van der Waals surface area contributed by atoms with Gasteiger partial charge in [-0.25, -0.2) is 9.59 Å². The van der Waals surface area contributed by atoms with Crippen LogP contribution in [-0.2, 0) is 12.0 Å². The highest BCUT2D eigenvalue weighted by atomic mass is 16.4. The van der Waals surface area contributed by atoms with E-state index < -0.39 is 17.6 Å². The average Bonchev–Trinajstić information content (AvgIpc) is 2.27. The molecule has 2 rings (SSSR count). The second kappa shape index (κ2) is 4.01. The van der Waals surface area contributed by atoms with Gasteiger partial charge in [-0.15, -0.1) is 0 Å². The Morgan fingerprint density at radius 1 is 1.28 bits per heavy atom.